The molecule has 0 N–H and O–H groups in total. The van der Waals surface area contributed by atoms with Gasteiger partial charge in [-0.1, -0.05) is 53.6 Å². The van der Waals surface area contributed by atoms with Crippen LogP contribution in [0.5, 0.6) is 0 Å². The monoisotopic (exact) mass is 271 g/mol. The van der Waals surface area contributed by atoms with Crippen LogP contribution in [0.1, 0.15) is 23.6 Å². The van der Waals surface area contributed by atoms with E-state index in [1.54, 1.807) is 0 Å². The normalized spacial score (nSPS) is 12.8. The third-order valence-electron chi connectivity index (χ3n) is 3.00. The van der Waals surface area contributed by atoms with Crippen LogP contribution in [0.2, 0.25) is 5.02 Å². The van der Waals surface area contributed by atoms with E-state index in [-0.39, 0.29) is 6.04 Å². The van der Waals surface area contributed by atoms with Gasteiger partial charge in [0, 0.05) is 11.2 Å². The van der Waals surface area contributed by atoms with Crippen molar-refractivity contribution in [2.45, 2.75) is 26.3 Å². The molecular formula is C17H18ClN. The van der Waals surface area contributed by atoms with Crippen LogP contribution in [-0.2, 0) is 6.42 Å². The maximum absolute atomic E-state index is 5.85. The lowest BCUT2D eigenvalue weighted by Gasteiger charge is -2.06. The molecule has 0 bridgehead atoms. The minimum Gasteiger partial charge on any atom is -0.289 e. The first kappa shape index (κ1) is 13.8. The molecule has 0 saturated carbocycles. The molecule has 0 spiro atoms. The maximum Gasteiger partial charge on any atom is 0.0511 e. The van der Waals surface area contributed by atoms with Gasteiger partial charge in [-0.2, -0.15) is 0 Å². The van der Waals surface area contributed by atoms with Gasteiger partial charge in [-0.05, 0) is 43.5 Å². The highest BCUT2D eigenvalue weighted by Crippen LogP contribution is 2.10. The van der Waals surface area contributed by atoms with Crippen LogP contribution in [-0.4, -0.2) is 12.3 Å². The van der Waals surface area contributed by atoms with Gasteiger partial charge in [0.1, 0.15) is 0 Å². The molecule has 2 rings (SSSR count). The quantitative estimate of drug-likeness (QED) is 0.715. The molecule has 0 heterocycles. The van der Waals surface area contributed by atoms with Crippen LogP contribution >= 0.6 is 11.6 Å². The van der Waals surface area contributed by atoms with Crippen molar-refractivity contribution in [1.29, 1.82) is 0 Å². The Labute approximate surface area is 120 Å². The van der Waals surface area contributed by atoms with Crippen molar-refractivity contribution in [3.05, 3.63) is 70.2 Å². The predicted molar refractivity (Wildman–Crippen MR) is 83.4 cm³/mol. The highest BCUT2D eigenvalue weighted by atomic mass is 35.5. The van der Waals surface area contributed by atoms with E-state index in [0.717, 1.165) is 17.0 Å². The summed E-state index contributed by atoms with van der Waals surface area (Å²) >= 11 is 5.85. The smallest absolute Gasteiger partial charge is 0.0511 e. The number of rotatable bonds is 4. The molecule has 2 heteroatoms. The molecule has 98 valence electrons. The predicted octanol–water partition coefficient (Wildman–Crippen LogP) is 4.70. The largest absolute Gasteiger partial charge is 0.289 e. The van der Waals surface area contributed by atoms with Crippen LogP contribution in [0.25, 0.3) is 0 Å². The third-order valence-corrected chi connectivity index (χ3v) is 3.25. The number of hydrogen-bond donors (Lipinski definition) is 0. The van der Waals surface area contributed by atoms with Crippen molar-refractivity contribution in [2.75, 3.05) is 0 Å². The van der Waals surface area contributed by atoms with Crippen molar-refractivity contribution in [3.63, 3.8) is 0 Å². The summed E-state index contributed by atoms with van der Waals surface area (Å²) in [7, 11) is 0. The van der Waals surface area contributed by atoms with Crippen molar-refractivity contribution in [3.8, 4) is 0 Å². The highest BCUT2D eigenvalue weighted by Gasteiger charge is 2.00. The Morgan fingerprint density at radius 2 is 1.68 bits per heavy atom. The summed E-state index contributed by atoms with van der Waals surface area (Å²) in [4.78, 5) is 4.57. The fourth-order valence-electron chi connectivity index (χ4n) is 1.88. The Balaban J connectivity index is 1.95. The summed E-state index contributed by atoms with van der Waals surface area (Å²) in [6.07, 6.45) is 2.87. The lowest BCUT2D eigenvalue weighted by Crippen LogP contribution is -2.03. The van der Waals surface area contributed by atoms with Gasteiger partial charge < -0.3 is 0 Å². The second-order valence-corrected chi connectivity index (χ2v) is 5.30. The van der Waals surface area contributed by atoms with Crippen molar-refractivity contribution in [1.82, 2.24) is 0 Å². The van der Waals surface area contributed by atoms with E-state index in [9.17, 15) is 0 Å². The van der Waals surface area contributed by atoms with Crippen molar-refractivity contribution < 1.29 is 0 Å². The first-order valence-electron chi connectivity index (χ1n) is 6.48. The van der Waals surface area contributed by atoms with Gasteiger partial charge >= 0.3 is 0 Å². The summed E-state index contributed by atoms with van der Waals surface area (Å²) in [5.41, 5.74) is 3.70. The molecule has 0 fully saturated rings. The average Bonchev–Trinajstić information content (AvgIpc) is 2.41. The highest BCUT2D eigenvalue weighted by molar-refractivity contribution is 6.30. The summed E-state index contributed by atoms with van der Waals surface area (Å²) in [6.45, 7) is 4.23. The molecule has 0 aliphatic rings. The van der Waals surface area contributed by atoms with E-state index in [2.05, 4.69) is 43.1 Å². The summed E-state index contributed by atoms with van der Waals surface area (Å²) < 4.78 is 0. The number of aliphatic imine (C=N–C) groups is 1. The van der Waals surface area contributed by atoms with Crippen LogP contribution in [0.4, 0.5) is 0 Å². The lowest BCUT2D eigenvalue weighted by atomic mass is 10.1. The van der Waals surface area contributed by atoms with Gasteiger partial charge in [0.15, 0.2) is 0 Å². The topological polar surface area (TPSA) is 12.4 Å². The van der Waals surface area contributed by atoms with Crippen molar-refractivity contribution >= 4 is 17.8 Å². The van der Waals surface area contributed by atoms with E-state index in [4.69, 9.17) is 11.6 Å². The fraction of sp³-hybridized carbons (Fsp3) is 0.235. The Hall–Kier alpha value is -1.60. The van der Waals surface area contributed by atoms with E-state index in [1.807, 2.05) is 30.5 Å². The molecule has 1 atom stereocenters. The van der Waals surface area contributed by atoms with E-state index in [0.29, 0.717) is 0 Å². The summed E-state index contributed by atoms with van der Waals surface area (Å²) in [6, 6.07) is 16.6. The van der Waals surface area contributed by atoms with Crippen LogP contribution in [0.15, 0.2) is 53.5 Å². The van der Waals surface area contributed by atoms with Crippen LogP contribution in [0, 0.1) is 6.92 Å². The lowest BCUT2D eigenvalue weighted by molar-refractivity contribution is 0.744. The molecule has 2 aromatic carbocycles. The zero-order valence-corrected chi connectivity index (χ0v) is 12.1. The molecule has 0 aliphatic carbocycles. The molecule has 0 aromatic heterocycles. The van der Waals surface area contributed by atoms with Crippen LogP contribution < -0.4 is 0 Å². The first-order valence-corrected chi connectivity index (χ1v) is 6.85. The minimum absolute atomic E-state index is 0.276. The Morgan fingerprint density at radius 1 is 1.05 bits per heavy atom. The Morgan fingerprint density at radius 3 is 2.32 bits per heavy atom. The van der Waals surface area contributed by atoms with Gasteiger partial charge in [-0.15, -0.1) is 0 Å². The standard InChI is InChI=1S/C17H18ClN/c1-13-3-5-15(6-4-13)11-14(2)19-12-16-7-9-17(18)10-8-16/h3-10,12,14H,11H2,1-2H3/t14-/m1/s1. The Kier molecular flexibility index (Phi) is 4.75. The van der Waals surface area contributed by atoms with Crippen molar-refractivity contribution in [2.24, 2.45) is 4.99 Å². The summed E-state index contributed by atoms with van der Waals surface area (Å²) in [5.74, 6) is 0. The molecule has 0 aliphatic heterocycles. The number of hydrogen-bond acceptors (Lipinski definition) is 1. The molecule has 1 nitrogen and oxygen atoms in total. The summed E-state index contributed by atoms with van der Waals surface area (Å²) in [5, 5.41) is 0.754. The first-order chi connectivity index (χ1) is 9.13. The third kappa shape index (κ3) is 4.53. The maximum atomic E-state index is 5.85. The fourth-order valence-corrected chi connectivity index (χ4v) is 2.01. The molecule has 0 amide bonds. The number of aryl methyl sites for hydroxylation is 1. The van der Waals surface area contributed by atoms with Crippen LogP contribution in [0.3, 0.4) is 0 Å². The molecular weight excluding hydrogens is 254 g/mol. The van der Waals surface area contributed by atoms with Gasteiger partial charge in [-0.25, -0.2) is 0 Å². The second kappa shape index (κ2) is 6.53. The zero-order valence-electron chi connectivity index (χ0n) is 11.3. The number of halogens is 1. The average molecular weight is 272 g/mol. The molecule has 0 radical (unpaired) electrons. The molecule has 0 saturated heterocycles. The van der Waals surface area contributed by atoms with Gasteiger partial charge in [0.2, 0.25) is 0 Å². The van der Waals surface area contributed by atoms with Gasteiger partial charge in [0.25, 0.3) is 0 Å². The number of benzene rings is 2. The SMILES string of the molecule is Cc1ccc(C[C@@H](C)N=Cc2ccc(Cl)cc2)cc1. The molecule has 2 aromatic rings. The second-order valence-electron chi connectivity index (χ2n) is 4.87. The molecule has 0 unspecified atom stereocenters. The van der Waals surface area contributed by atoms with E-state index < -0.39 is 0 Å². The van der Waals surface area contributed by atoms with E-state index in [1.165, 1.54) is 11.1 Å². The van der Waals surface area contributed by atoms with Gasteiger partial charge in [0.05, 0.1) is 6.04 Å². The molecule has 19 heavy (non-hydrogen) atoms. The minimum atomic E-state index is 0.276. The van der Waals surface area contributed by atoms with Gasteiger partial charge in [-0.3, -0.25) is 4.99 Å². The Bertz CT molecular complexity index is 540. The number of nitrogens with zero attached hydrogens (tertiary/aromatic N) is 1. The van der Waals surface area contributed by atoms with E-state index >= 15 is 0 Å². The zero-order chi connectivity index (χ0) is 13.7.